The first kappa shape index (κ1) is 26.7. The number of benzene rings is 1. The molecular formula is C30H39N9O. The molecule has 0 aliphatic carbocycles. The molecule has 1 atom stereocenters. The zero-order valence-corrected chi connectivity index (χ0v) is 23.8. The predicted octanol–water partition coefficient (Wildman–Crippen LogP) is 2.69. The fraction of sp³-hybridized carbons (Fsp3) is 0.500. The highest BCUT2D eigenvalue weighted by Gasteiger charge is 2.26. The zero-order valence-electron chi connectivity index (χ0n) is 23.8. The molecule has 10 heteroatoms. The Hall–Kier alpha value is -3.47. The molecule has 1 N–H and O–H groups in total. The van der Waals surface area contributed by atoms with Crippen LogP contribution in [0.25, 0.3) is 17.2 Å². The average molecular weight is 542 g/mol. The van der Waals surface area contributed by atoms with Gasteiger partial charge in [-0.05, 0) is 50.7 Å². The van der Waals surface area contributed by atoms with Crippen LogP contribution in [0, 0.1) is 26.7 Å². The smallest absolute Gasteiger partial charge is 0.252 e. The minimum Gasteiger partial charge on any atom is -0.395 e. The molecule has 5 heterocycles. The van der Waals surface area contributed by atoms with Gasteiger partial charge in [0.2, 0.25) is 0 Å². The van der Waals surface area contributed by atoms with E-state index in [-0.39, 0.29) is 6.61 Å². The van der Waals surface area contributed by atoms with Gasteiger partial charge in [-0.1, -0.05) is 24.3 Å². The number of anilines is 1. The van der Waals surface area contributed by atoms with Crippen molar-refractivity contribution in [2.75, 3.05) is 57.3 Å². The van der Waals surface area contributed by atoms with Crippen molar-refractivity contribution in [3.8, 4) is 11.4 Å². The van der Waals surface area contributed by atoms with Crippen molar-refractivity contribution >= 4 is 11.5 Å². The summed E-state index contributed by atoms with van der Waals surface area (Å²) in [5.41, 5.74) is 6.90. The highest BCUT2D eigenvalue weighted by Crippen LogP contribution is 2.28. The SMILES string of the molecule is Cc1nc2nc(C)c(C[C@@H]3CCN(c4cnc(-c5ccc(CN6CCN(CCO)CC6)cc5)nc4)C3)c(C)n2n1. The number of aliphatic hydroxyl groups is 1. The number of hydrogen-bond acceptors (Lipinski definition) is 9. The average Bonchev–Trinajstić information content (AvgIpc) is 3.59. The van der Waals surface area contributed by atoms with E-state index in [0.717, 1.165) is 99.5 Å². The number of nitrogens with zero attached hydrogens (tertiary/aromatic N) is 9. The fourth-order valence-corrected chi connectivity index (χ4v) is 6.09. The number of hydrogen-bond donors (Lipinski definition) is 1. The van der Waals surface area contributed by atoms with Crippen molar-refractivity contribution < 1.29 is 5.11 Å². The molecule has 3 aromatic heterocycles. The lowest BCUT2D eigenvalue weighted by Crippen LogP contribution is -2.46. The molecule has 2 fully saturated rings. The third-order valence-electron chi connectivity index (χ3n) is 8.44. The summed E-state index contributed by atoms with van der Waals surface area (Å²) >= 11 is 0. The van der Waals surface area contributed by atoms with Crippen LogP contribution in [0.5, 0.6) is 0 Å². The number of aryl methyl sites for hydroxylation is 3. The second-order valence-electron chi connectivity index (χ2n) is 11.2. The number of piperazine rings is 1. The molecule has 6 rings (SSSR count). The summed E-state index contributed by atoms with van der Waals surface area (Å²) < 4.78 is 1.88. The Kier molecular flexibility index (Phi) is 7.73. The summed E-state index contributed by atoms with van der Waals surface area (Å²) in [5.74, 6) is 2.75. The van der Waals surface area contributed by atoms with Crippen molar-refractivity contribution in [1.29, 1.82) is 0 Å². The Morgan fingerprint density at radius 2 is 1.62 bits per heavy atom. The van der Waals surface area contributed by atoms with Crippen molar-refractivity contribution in [3.63, 3.8) is 0 Å². The molecule has 4 aromatic rings. The van der Waals surface area contributed by atoms with Crippen LogP contribution < -0.4 is 4.90 Å². The third-order valence-corrected chi connectivity index (χ3v) is 8.44. The largest absolute Gasteiger partial charge is 0.395 e. The maximum absolute atomic E-state index is 9.14. The highest BCUT2D eigenvalue weighted by atomic mass is 16.3. The van der Waals surface area contributed by atoms with Gasteiger partial charge in [0.15, 0.2) is 5.82 Å². The Bertz CT molecular complexity index is 1440. The minimum absolute atomic E-state index is 0.239. The summed E-state index contributed by atoms with van der Waals surface area (Å²) in [6, 6.07) is 8.64. The van der Waals surface area contributed by atoms with E-state index >= 15 is 0 Å². The second kappa shape index (κ2) is 11.6. The number of β-amino-alcohol motifs (C(OH)–C–C–N with tert-alkyl or cyclic N) is 1. The van der Waals surface area contributed by atoms with E-state index in [0.29, 0.717) is 11.7 Å². The van der Waals surface area contributed by atoms with E-state index in [1.807, 2.05) is 23.8 Å². The number of rotatable bonds is 8. The summed E-state index contributed by atoms with van der Waals surface area (Å²) in [5, 5.41) is 13.7. The van der Waals surface area contributed by atoms with Gasteiger partial charge in [0.25, 0.3) is 5.78 Å². The molecule has 0 bridgehead atoms. The van der Waals surface area contributed by atoms with Gasteiger partial charge in [-0.3, -0.25) is 9.80 Å². The maximum Gasteiger partial charge on any atom is 0.252 e. The Morgan fingerprint density at radius 1 is 0.900 bits per heavy atom. The third kappa shape index (κ3) is 5.70. The lowest BCUT2D eigenvalue weighted by Gasteiger charge is -2.34. The van der Waals surface area contributed by atoms with Crippen LogP contribution in [-0.2, 0) is 13.0 Å². The van der Waals surface area contributed by atoms with Crippen LogP contribution in [0.15, 0.2) is 36.7 Å². The molecule has 2 aliphatic heterocycles. The molecule has 0 amide bonds. The standard InChI is InChI=1S/C30H39N9O/c1-21-28(22(2)39-30(33-21)34-23(3)35-39)16-25-8-9-38(20-25)27-17-31-29(32-18-27)26-6-4-24(5-7-26)19-37-12-10-36(11-13-37)14-15-40/h4-7,17-18,25,40H,8-16,19-20H2,1-3H3/t25-/m0/s1. The van der Waals surface area contributed by atoms with Crippen LogP contribution in [0.4, 0.5) is 5.69 Å². The van der Waals surface area contributed by atoms with E-state index in [1.54, 1.807) is 0 Å². The van der Waals surface area contributed by atoms with Crippen molar-refractivity contribution in [1.82, 2.24) is 39.3 Å². The van der Waals surface area contributed by atoms with Crippen molar-refractivity contribution in [3.05, 3.63) is 65.0 Å². The fourth-order valence-electron chi connectivity index (χ4n) is 6.09. The van der Waals surface area contributed by atoms with Crippen LogP contribution in [0.3, 0.4) is 0 Å². The van der Waals surface area contributed by atoms with Gasteiger partial charge in [0.05, 0.1) is 24.7 Å². The quantitative estimate of drug-likeness (QED) is 0.361. The lowest BCUT2D eigenvalue weighted by atomic mass is 9.96. The molecule has 0 saturated carbocycles. The molecule has 2 saturated heterocycles. The van der Waals surface area contributed by atoms with E-state index in [1.165, 1.54) is 11.1 Å². The van der Waals surface area contributed by atoms with Crippen LogP contribution in [-0.4, -0.2) is 96.9 Å². The van der Waals surface area contributed by atoms with Gasteiger partial charge >= 0.3 is 0 Å². The first-order valence-corrected chi connectivity index (χ1v) is 14.4. The van der Waals surface area contributed by atoms with Gasteiger partial charge in [0.1, 0.15) is 5.82 Å². The lowest BCUT2D eigenvalue weighted by molar-refractivity contribution is 0.108. The van der Waals surface area contributed by atoms with Gasteiger partial charge in [-0.25, -0.2) is 19.5 Å². The first-order chi connectivity index (χ1) is 19.5. The Labute approximate surface area is 235 Å². The topological polar surface area (TPSA) is 98.8 Å². The van der Waals surface area contributed by atoms with Gasteiger partial charge in [-0.15, -0.1) is 0 Å². The first-order valence-electron chi connectivity index (χ1n) is 14.4. The molecule has 2 aliphatic rings. The van der Waals surface area contributed by atoms with E-state index in [2.05, 4.69) is 62.9 Å². The van der Waals surface area contributed by atoms with E-state index in [9.17, 15) is 0 Å². The molecule has 1 aromatic carbocycles. The number of aromatic nitrogens is 6. The molecule has 0 unspecified atom stereocenters. The summed E-state index contributed by atoms with van der Waals surface area (Å²) in [4.78, 5) is 25.8. The van der Waals surface area contributed by atoms with Crippen LogP contribution in [0.1, 0.15) is 34.8 Å². The Balaban J connectivity index is 1.05. The summed E-state index contributed by atoms with van der Waals surface area (Å²) in [7, 11) is 0. The van der Waals surface area contributed by atoms with Gasteiger partial charge < -0.3 is 10.0 Å². The monoisotopic (exact) mass is 541 g/mol. The second-order valence-corrected chi connectivity index (χ2v) is 11.2. The minimum atomic E-state index is 0.239. The normalized spacial score (nSPS) is 18.7. The van der Waals surface area contributed by atoms with Crippen molar-refractivity contribution in [2.24, 2.45) is 5.92 Å². The summed E-state index contributed by atoms with van der Waals surface area (Å²) in [6.45, 7) is 14.2. The van der Waals surface area contributed by atoms with Gasteiger partial charge in [0, 0.05) is 69.3 Å². The van der Waals surface area contributed by atoms with E-state index < -0.39 is 0 Å². The predicted molar refractivity (Wildman–Crippen MR) is 155 cm³/mol. The van der Waals surface area contributed by atoms with Crippen LogP contribution in [0.2, 0.25) is 0 Å². The molecule has 10 nitrogen and oxygen atoms in total. The molecule has 0 spiro atoms. The Morgan fingerprint density at radius 3 is 2.35 bits per heavy atom. The molecule has 0 radical (unpaired) electrons. The number of aliphatic hydroxyl groups excluding tert-OH is 1. The maximum atomic E-state index is 9.14. The molecular weight excluding hydrogens is 502 g/mol. The van der Waals surface area contributed by atoms with Gasteiger partial charge in [-0.2, -0.15) is 10.1 Å². The molecule has 210 valence electrons. The molecule has 40 heavy (non-hydrogen) atoms. The van der Waals surface area contributed by atoms with Crippen molar-refractivity contribution in [2.45, 2.75) is 40.2 Å². The zero-order chi connectivity index (χ0) is 27.6. The number of fused-ring (bicyclic) bond motifs is 1. The highest BCUT2D eigenvalue weighted by molar-refractivity contribution is 5.57. The van der Waals surface area contributed by atoms with E-state index in [4.69, 9.17) is 20.1 Å². The van der Waals surface area contributed by atoms with Crippen LogP contribution >= 0.6 is 0 Å². The summed E-state index contributed by atoms with van der Waals surface area (Å²) in [6.07, 6.45) is 6.05.